The highest BCUT2D eigenvalue weighted by Gasteiger charge is 2.20. The number of nitrogens with one attached hydrogen (secondary N) is 1. The zero-order valence-corrected chi connectivity index (χ0v) is 19.3. The Kier molecular flexibility index (Phi) is 7.82. The lowest BCUT2D eigenvalue weighted by atomic mass is 10.1. The molecule has 1 unspecified atom stereocenters. The van der Waals surface area contributed by atoms with E-state index in [4.69, 9.17) is 4.74 Å². The number of amides is 1. The number of hydrogen-bond donors (Lipinski definition) is 1. The van der Waals surface area contributed by atoms with Crippen LogP contribution in [0, 0.1) is 12.7 Å². The summed E-state index contributed by atoms with van der Waals surface area (Å²) in [6.45, 7) is 9.79. The van der Waals surface area contributed by atoms with E-state index in [1.807, 2.05) is 32.0 Å². The number of carbonyl (C=O) groups is 1. The first kappa shape index (κ1) is 24.0. The average Bonchev–Trinajstić information content (AvgIpc) is 2.81. The molecule has 0 saturated carbocycles. The molecule has 3 aromatic rings. The summed E-state index contributed by atoms with van der Waals surface area (Å²) in [6, 6.07) is 14.0. The van der Waals surface area contributed by atoms with Crippen molar-refractivity contribution in [3.8, 4) is 11.6 Å². The molecule has 1 heterocycles. The quantitative estimate of drug-likeness (QED) is 0.523. The van der Waals surface area contributed by atoms with Gasteiger partial charge in [-0.25, -0.2) is 4.39 Å². The molecule has 0 radical (unpaired) electrons. The number of nitrogens with zero attached hydrogens (tertiary/aromatic N) is 3. The second kappa shape index (κ2) is 10.8. The molecule has 1 amide bonds. The number of aryl methyl sites for hydroxylation is 1. The van der Waals surface area contributed by atoms with Gasteiger partial charge in [-0.3, -0.25) is 9.59 Å². The fourth-order valence-electron chi connectivity index (χ4n) is 3.48. The first-order valence-electron chi connectivity index (χ1n) is 11.1. The van der Waals surface area contributed by atoms with E-state index < -0.39 is 17.5 Å². The van der Waals surface area contributed by atoms with E-state index in [9.17, 15) is 14.0 Å². The molecule has 0 fully saturated rings. The molecule has 1 atom stereocenters. The second-order valence-corrected chi connectivity index (χ2v) is 7.57. The van der Waals surface area contributed by atoms with Crippen molar-refractivity contribution < 1.29 is 13.9 Å². The molecule has 1 N–H and O–H groups in total. The Hall–Kier alpha value is -3.68. The highest BCUT2D eigenvalue weighted by atomic mass is 19.1. The third kappa shape index (κ3) is 5.77. The minimum Gasteiger partial charge on any atom is -0.463 e. The van der Waals surface area contributed by atoms with Gasteiger partial charge in [-0.15, -0.1) is 5.10 Å². The van der Waals surface area contributed by atoms with Gasteiger partial charge in [0, 0.05) is 36.6 Å². The summed E-state index contributed by atoms with van der Waals surface area (Å²) in [5.41, 5.74) is 2.77. The van der Waals surface area contributed by atoms with Crippen molar-refractivity contribution in [3.63, 3.8) is 0 Å². The lowest BCUT2D eigenvalue weighted by molar-refractivity contribution is -0.123. The molecule has 33 heavy (non-hydrogen) atoms. The Bertz CT molecular complexity index is 1160. The molecular weight excluding hydrogens is 423 g/mol. The van der Waals surface area contributed by atoms with Crippen LogP contribution in [0.2, 0.25) is 0 Å². The Morgan fingerprint density at radius 1 is 1.09 bits per heavy atom. The fraction of sp³-hybridized carbons (Fsp3) is 0.320. The molecule has 174 valence electrons. The Labute approximate surface area is 192 Å². The van der Waals surface area contributed by atoms with Gasteiger partial charge in [0.2, 0.25) is 5.88 Å². The molecular formula is C25H29FN4O3. The van der Waals surface area contributed by atoms with Crippen LogP contribution < -0.4 is 20.5 Å². The lowest BCUT2D eigenvalue weighted by Gasteiger charge is -2.23. The van der Waals surface area contributed by atoms with Crippen molar-refractivity contribution in [1.29, 1.82) is 0 Å². The number of benzene rings is 2. The van der Waals surface area contributed by atoms with Crippen LogP contribution in [0.5, 0.6) is 5.88 Å². The minimum absolute atomic E-state index is 0.120. The van der Waals surface area contributed by atoms with Gasteiger partial charge >= 0.3 is 0 Å². The molecule has 1 aromatic heterocycles. The molecule has 0 spiro atoms. The Morgan fingerprint density at radius 3 is 2.39 bits per heavy atom. The number of aromatic nitrogens is 2. The zero-order chi connectivity index (χ0) is 24.0. The zero-order valence-electron chi connectivity index (χ0n) is 19.3. The SMILES string of the molecule is CCC(Oc1ccc(=O)n(-c2ccc(F)cc2)n1)C(=O)Nc1ccc(N(CC)CC)cc1C. The van der Waals surface area contributed by atoms with Gasteiger partial charge < -0.3 is 15.0 Å². The maximum Gasteiger partial charge on any atom is 0.271 e. The predicted molar refractivity (Wildman–Crippen MR) is 128 cm³/mol. The maximum atomic E-state index is 13.2. The van der Waals surface area contributed by atoms with Gasteiger partial charge in [0.15, 0.2) is 6.10 Å². The van der Waals surface area contributed by atoms with Gasteiger partial charge in [0.1, 0.15) is 5.82 Å². The van der Waals surface area contributed by atoms with Crippen molar-refractivity contribution in [2.24, 2.45) is 0 Å². The topological polar surface area (TPSA) is 76.5 Å². The van der Waals surface area contributed by atoms with Crippen LogP contribution in [-0.4, -0.2) is 34.9 Å². The third-order valence-electron chi connectivity index (χ3n) is 5.37. The molecule has 0 saturated heterocycles. The average molecular weight is 453 g/mol. The van der Waals surface area contributed by atoms with Crippen LogP contribution >= 0.6 is 0 Å². The third-order valence-corrected chi connectivity index (χ3v) is 5.37. The van der Waals surface area contributed by atoms with Crippen molar-refractivity contribution >= 4 is 17.3 Å². The monoisotopic (exact) mass is 452 g/mol. The summed E-state index contributed by atoms with van der Waals surface area (Å²) >= 11 is 0. The van der Waals surface area contributed by atoms with Crippen molar-refractivity contribution in [2.45, 2.75) is 40.2 Å². The highest BCUT2D eigenvalue weighted by Crippen LogP contribution is 2.23. The smallest absolute Gasteiger partial charge is 0.271 e. The molecule has 0 aliphatic carbocycles. The molecule has 2 aromatic carbocycles. The van der Waals surface area contributed by atoms with Crippen LogP contribution in [0.1, 0.15) is 32.8 Å². The van der Waals surface area contributed by atoms with E-state index in [0.29, 0.717) is 17.8 Å². The summed E-state index contributed by atoms with van der Waals surface area (Å²) < 4.78 is 20.1. The first-order chi connectivity index (χ1) is 15.9. The molecule has 8 heteroatoms. The fourth-order valence-corrected chi connectivity index (χ4v) is 3.48. The van der Waals surface area contributed by atoms with Crippen molar-refractivity contribution in [1.82, 2.24) is 9.78 Å². The standard InChI is InChI=1S/C25H29FN4O3/c1-5-22(25(32)27-21-13-12-20(16-17(21)4)29(6-2)7-3)33-23-14-15-24(31)30(28-23)19-10-8-18(26)9-11-19/h8-16,22H,5-7H2,1-4H3,(H,27,32). The number of rotatable bonds is 9. The summed E-state index contributed by atoms with van der Waals surface area (Å²) in [5.74, 6) is -0.602. The van der Waals surface area contributed by atoms with Crippen LogP contribution in [0.3, 0.4) is 0 Å². The Balaban J connectivity index is 1.76. The van der Waals surface area contributed by atoms with E-state index >= 15 is 0 Å². The van der Waals surface area contributed by atoms with E-state index in [-0.39, 0.29) is 11.8 Å². The van der Waals surface area contributed by atoms with Gasteiger partial charge in [0.25, 0.3) is 11.5 Å². The van der Waals surface area contributed by atoms with Gasteiger partial charge in [-0.2, -0.15) is 4.68 Å². The molecule has 3 rings (SSSR count). The molecule has 0 bridgehead atoms. The van der Waals surface area contributed by atoms with E-state index in [1.54, 1.807) is 0 Å². The first-order valence-corrected chi connectivity index (χ1v) is 11.1. The van der Waals surface area contributed by atoms with Gasteiger partial charge in [-0.1, -0.05) is 6.92 Å². The molecule has 7 nitrogen and oxygen atoms in total. The number of halogens is 1. The van der Waals surface area contributed by atoms with E-state index in [2.05, 4.69) is 29.2 Å². The lowest BCUT2D eigenvalue weighted by Crippen LogP contribution is -2.33. The molecule has 0 aliphatic rings. The van der Waals surface area contributed by atoms with Gasteiger partial charge in [0.05, 0.1) is 5.69 Å². The highest BCUT2D eigenvalue weighted by molar-refractivity contribution is 5.95. The van der Waals surface area contributed by atoms with Crippen LogP contribution in [0.15, 0.2) is 59.4 Å². The second-order valence-electron chi connectivity index (χ2n) is 7.57. The van der Waals surface area contributed by atoms with Crippen LogP contribution in [0.25, 0.3) is 5.69 Å². The Morgan fingerprint density at radius 2 is 1.79 bits per heavy atom. The normalized spacial score (nSPS) is 11.7. The maximum absolute atomic E-state index is 13.2. The van der Waals surface area contributed by atoms with Crippen LogP contribution in [-0.2, 0) is 4.79 Å². The van der Waals surface area contributed by atoms with Crippen LogP contribution in [0.4, 0.5) is 15.8 Å². The minimum atomic E-state index is -0.807. The molecule has 0 aliphatic heterocycles. The van der Waals surface area contributed by atoms with E-state index in [1.165, 1.54) is 36.4 Å². The predicted octanol–water partition coefficient (Wildman–Crippen LogP) is 4.32. The number of carbonyl (C=O) groups excluding carboxylic acids is 1. The summed E-state index contributed by atoms with van der Waals surface area (Å²) in [7, 11) is 0. The summed E-state index contributed by atoms with van der Waals surface area (Å²) in [6.07, 6.45) is -0.404. The van der Waals surface area contributed by atoms with Gasteiger partial charge in [-0.05, 0) is 75.2 Å². The van der Waals surface area contributed by atoms with E-state index in [0.717, 1.165) is 29.0 Å². The number of anilines is 2. The summed E-state index contributed by atoms with van der Waals surface area (Å²) in [4.78, 5) is 27.4. The van der Waals surface area contributed by atoms with Crippen molar-refractivity contribution in [3.05, 3.63) is 76.3 Å². The van der Waals surface area contributed by atoms with Crippen molar-refractivity contribution in [2.75, 3.05) is 23.3 Å². The number of hydrogen-bond acceptors (Lipinski definition) is 5. The summed E-state index contributed by atoms with van der Waals surface area (Å²) in [5, 5.41) is 7.12. The number of ether oxygens (including phenoxy) is 1. The largest absolute Gasteiger partial charge is 0.463 e.